The molecule has 2 N–H and O–H groups in total. The number of anilines is 1. The van der Waals surface area contributed by atoms with E-state index in [1.165, 1.54) is 11.8 Å². The van der Waals surface area contributed by atoms with Crippen LogP contribution in [0.15, 0.2) is 64.5 Å². The van der Waals surface area contributed by atoms with Gasteiger partial charge in [-0.3, -0.25) is 14.2 Å². The zero-order chi connectivity index (χ0) is 21.3. The van der Waals surface area contributed by atoms with Crippen molar-refractivity contribution >= 4 is 29.1 Å². The molecule has 156 valence electrons. The quantitative estimate of drug-likeness (QED) is 0.382. The van der Waals surface area contributed by atoms with Gasteiger partial charge in [0.15, 0.2) is 10.9 Å². The normalized spacial score (nSPS) is 10.7. The van der Waals surface area contributed by atoms with Crippen molar-refractivity contribution < 1.29 is 9.59 Å². The lowest BCUT2D eigenvalue weighted by Crippen LogP contribution is -2.18. The summed E-state index contributed by atoms with van der Waals surface area (Å²) in [6.45, 7) is 2.66. The molecule has 0 bridgehead atoms. The van der Waals surface area contributed by atoms with E-state index in [1.54, 1.807) is 53.1 Å². The van der Waals surface area contributed by atoms with Crippen molar-refractivity contribution in [3.8, 4) is 0 Å². The topological polar surface area (TPSA) is 96.8 Å². The van der Waals surface area contributed by atoms with Crippen molar-refractivity contribution in [2.45, 2.75) is 37.9 Å². The Bertz CT molecular complexity index is 1060. The molecule has 0 aliphatic rings. The lowest BCUT2D eigenvalue weighted by atomic mass is 10.0. The molecule has 0 aliphatic heterocycles. The van der Waals surface area contributed by atoms with Crippen LogP contribution in [0.1, 0.15) is 42.1 Å². The first-order valence-electron chi connectivity index (χ1n) is 9.86. The van der Waals surface area contributed by atoms with Gasteiger partial charge in [-0.05, 0) is 18.6 Å². The van der Waals surface area contributed by atoms with Crippen molar-refractivity contribution in [1.82, 2.24) is 14.8 Å². The van der Waals surface area contributed by atoms with E-state index in [-0.39, 0.29) is 23.8 Å². The van der Waals surface area contributed by atoms with Gasteiger partial charge in [-0.15, -0.1) is 5.10 Å². The molecule has 3 aromatic rings. The Morgan fingerprint density at radius 1 is 1.10 bits per heavy atom. The fourth-order valence-corrected chi connectivity index (χ4v) is 3.82. The number of aromatic nitrogens is 3. The highest BCUT2D eigenvalue weighted by atomic mass is 32.2. The van der Waals surface area contributed by atoms with Crippen molar-refractivity contribution in [2.24, 2.45) is 0 Å². The molecule has 0 fully saturated rings. The molecule has 1 amide bonds. The summed E-state index contributed by atoms with van der Waals surface area (Å²) in [5.74, 6) is 0.128. The number of hydrogen-bond acceptors (Lipinski definition) is 5. The minimum atomic E-state index is -0.233. The van der Waals surface area contributed by atoms with Crippen LogP contribution in [0, 0.1) is 0 Å². The summed E-state index contributed by atoms with van der Waals surface area (Å²) in [7, 11) is 0. The van der Waals surface area contributed by atoms with Crippen LogP contribution in [0.25, 0.3) is 0 Å². The maximum Gasteiger partial charge on any atom is 0.343 e. The molecule has 2 aromatic carbocycles. The number of thioether (sulfide) groups is 1. The van der Waals surface area contributed by atoms with Crippen molar-refractivity contribution in [3.63, 3.8) is 0 Å². The minimum absolute atomic E-state index is 0.141. The highest BCUT2D eigenvalue weighted by molar-refractivity contribution is 7.99. The van der Waals surface area contributed by atoms with Crippen LogP contribution >= 0.6 is 11.8 Å². The molecule has 0 unspecified atom stereocenters. The van der Waals surface area contributed by atoms with Crippen LogP contribution in [0.4, 0.5) is 5.69 Å². The third kappa shape index (κ3) is 5.48. The summed E-state index contributed by atoms with van der Waals surface area (Å²) in [4.78, 5) is 37.0. The first-order chi connectivity index (χ1) is 14.6. The van der Waals surface area contributed by atoms with Crippen molar-refractivity contribution in [1.29, 1.82) is 0 Å². The first-order valence-corrected chi connectivity index (χ1v) is 10.9. The van der Waals surface area contributed by atoms with Gasteiger partial charge in [0, 0.05) is 29.8 Å². The number of carbonyl (C=O) groups is 2. The fraction of sp³-hybridized carbons (Fsp3) is 0.273. The number of para-hydroxylation sites is 1. The van der Waals surface area contributed by atoms with E-state index in [4.69, 9.17) is 0 Å². The van der Waals surface area contributed by atoms with E-state index in [2.05, 4.69) is 22.4 Å². The Labute approximate surface area is 178 Å². The second kappa shape index (κ2) is 10.6. The average Bonchev–Trinajstić information content (AvgIpc) is 3.12. The van der Waals surface area contributed by atoms with E-state index in [0.29, 0.717) is 34.3 Å². The lowest BCUT2D eigenvalue weighted by Gasteiger charge is -2.10. The van der Waals surface area contributed by atoms with Crippen molar-refractivity contribution in [2.75, 3.05) is 11.1 Å². The Balaban J connectivity index is 1.60. The summed E-state index contributed by atoms with van der Waals surface area (Å²) >= 11 is 1.36. The maximum absolute atomic E-state index is 12.8. The smallest absolute Gasteiger partial charge is 0.325 e. The molecule has 7 nitrogen and oxygen atoms in total. The van der Waals surface area contributed by atoms with E-state index >= 15 is 0 Å². The summed E-state index contributed by atoms with van der Waals surface area (Å²) in [6, 6.07) is 15.9. The molecule has 0 aliphatic carbocycles. The Hall–Kier alpha value is -3.13. The molecule has 0 atom stereocenters. The zero-order valence-electron chi connectivity index (χ0n) is 16.8. The van der Waals surface area contributed by atoms with Gasteiger partial charge >= 0.3 is 5.69 Å². The second-order valence-electron chi connectivity index (χ2n) is 6.70. The summed E-state index contributed by atoms with van der Waals surface area (Å²) < 4.78 is 1.60. The number of unbranched alkanes of at least 4 members (excludes halogenated alkanes) is 1. The number of ketones is 1. The van der Waals surface area contributed by atoms with Gasteiger partial charge in [0.1, 0.15) is 0 Å². The largest absolute Gasteiger partial charge is 0.343 e. The van der Waals surface area contributed by atoms with Gasteiger partial charge in [0.05, 0.1) is 5.69 Å². The number of hydrogen-bond donors (Lipinski definition) is 2. The third-order valence-electron chi connectivity index (χ3n) is 4.50. The Morgan fingerprint density at radius 2 is 1.83 bits per heavy atom. The zero-order valence-corrected chi connectivity index (χ0v) is 17.6. The van der Waals surface area contributed by atoms with Gasteiger partial charge < -0.3 is 5.32 Å². The standard InChI is InChI=1S/C22H24N4O3S/c1-2-3-14-26-21(29)24-25-22(26)30-15-13-19(27)23-18-12-8-7-11-17(18)20(28)16-9-5-4-6-10-16/h4-12H,2-3,13-15H2,1H3,(H,23,27)(H,24,29). The predicted molar refractivity (Wildman–Crippen MR) is 118 cm³/mol. The summed E-state index contributed by atoms with van der Waals surface area (Å²) in [5.41, 5.74) is 1.27. The highest BCUT2D eigenvalue weighted by Gasteiger charge is 2.15. The monoisotopic (exact) mass is 424 g/mol. The van der Waals surface area contributed by atoms with Gasteiger partial charge in [-0.25, -0.2) is 9.89 Å². The van der Waals surface area contributed by atoms with E-state index in [1.807, 2.05) is 6.07 Å². The second-order valence-corrected chi connectivity index (χ2v) is 7.77. The Morgan fingerprint density at radius 3 is 2.60 bits per heavy atom. The molecule has 30 heavy (non-hydrogen) atoms. The van der Waals surface area contributed by atoms with E-state index in [9.17, 15) is 14.4 Å². The van der Waals surface area contributed by atoms with Crippen LogP contribution in [0.2, 0.25) is 0 Å². The lowest BCUT2D eigenvalue weighted by molar-refractivity contribution is -0.115. The number of rotatable bonds is 10. The predicted octanol–water partition coefficient (Wildman–Crippen LogP) is 3.72. The van der Waals surface area contributed by atoms with Crippen LogP contribution in [0.5, 0.6) is 0 Å². The molecule has 1 aromatic heterocycles. The summed E-state index contributed by atoms with van der Waals surface area (Å²) in [5, 5.41) is 9.91. The molecular formula is C22H24N4O3S. The number of amides is 1. The molecule has 1 heterocycles. The van der Waals surface area contributed by atoms with Gasteiger partial charge in [0.2, 0.25) is 5.91 Å². The maximum atomic E-state index is 12.8. The van der Waals surface area contributed by atoms with Crippen LogP contribution in [-0.4, -0.2) is 32.2 Å². The van der Waals surface area contributed by atoms with Crippen LogP contribution in [-0.2, 0) is 11.3 Å². The number of nitrogens with one attached hydrogen (secondary N) is 2. The molecule has 0 saturated carbocycles. The number of carbonyl (C=O) groups excluding carboxylic acids is 2. The SMILES string of the molecule is CCCCn1c(SCCC(=O)Nc2ccccc2C(=O)c2ccccc2)n[nH]c1=O. The van der Waals surface area contributed by atoms with Gasteiger partial charge in [0.25, 0.3) is 0 Å². The first kappa shape index (κ1) is 21.6. The van der Waals surface area contributed by atoms with E-state index in [0.717, 1.165) is 12.8 Å². The number of H-pyrrole nitrogens is 1. The Kier molecular flexibility index (Phi) is 7.62. The molecule has 3 rings (SSSR count). The molecule has 8 heteroatoms. The number of aromatic amines is 1. The minimum Gasteiger partial charge on any atom is -0.325 e. The van der Waals surface area contributed by atoms with Gasteiger partial charge in [-0.1, -0.05) is 67.6 Å². The van der Waals surface area contributed by atoms with Crippen molar-refractivity contribution in [3.05, 3.63) is 76.2 Å². The van der Waals surface area contributed by atoms with Crippen LogP contribution in [0.3, 0.4) is 0 Å². The van der Waals surface area contributed by atoms with Crippen LogP contribution < -0.4 is 11.0 Å². The van der Waals surface area contributed by atoms with E-state index < -0.39 is 0 Å². The molecule has 0 spiro atoms. The third-order valence-corrected chi connectivity index (χ3v) is 5.48. The molecular weight excluding hydrogens is 400 g/mol. The highest BCUT2D eigenvalue weighted by Crippen LogP contribution is 2.20. The average molecular weight is 425 g/mol. The summed E-state index contributed by atoms with van der Waals surface area (Å²) in [6.07, 6.45) is 2.10. The number of benzene rings is 2. The fourth-order valence-electron chi connectivity index (χ4n) is 2.91. The molecule has 0 radical (unpaired) electrons. The number of nitrogens with zero attached hydrogens (tertiary/aromatic N) is 2. The molecule has 0 saturated heterocycles. The van der Waals surface area contributed by atoms with Gasteiger partial charge in [-0.2, -0.15) is 0 Å².